The molecule has 0 aliphatic heterocycles. The molecule has 0 bridgehead atoms. The van der Waals surface area contributed by atoms with E-state index >= 15 is 0 Å². The second kappa shape index (κ2) is 9.41. The highest BCUT2D eigenvalue weighted by Gasteiger charge is 2.70. The number of rotatable bonds is 5. The molecule has 0 unspecified atom stereocenters. The summed E-state index contributed by atoms with van der Waals surface area (Å²) >= 11 is 0. The average molecular weight is 571 g/mol. The molecule has 0 radical (unpaired) electrons. The zero-order valence-corrected chi connectivity index (χ0v) is 26.1. The second-order valence-electron chi connectivity index (χ2n) is 16.3. The van der Waals surface area contributed by atoms with Crippen LogP contribution in [0.4, 0.5) is 0 Å². The minimum Gasteiger partial charge on any atom is -0.481 e. The summed E-state index contributed by atoms with van der Waals surface area (Å²) < 4.78 is 5.91. The van der Waals surface area contributed by atoms with Gasteiger partial charge in [-0.3, -0.25) is 19.2 Å². The zero-order chi connectivity index (χ0) is 30.4. The number of hydrogen-bond acceptors (Lipinski definition) is 5. The molecule has 5 aliphatic rings. The Morgan fingerprint density at radius 1 is 0.878 bits per heavy atom. The van der Waals surface area contributed by atoms with Crippen LogP contribution in [0.25, 0.3) is 0 Å². The Morgan fingerprint density at radius 2 is 1.54 bits per heavy atom. The van der Waals surface area contributed by atoms with Crippen LogP contribution in [0.15, 0.2) is 11.6 Å². The lowest BCUT2D eigenvalue weighted by Crippen LogP contribution is -2.66. The summed E-state index contributed by atoms with van der Waals surface area (Å²) in [6, 6.07) is 0. The van der Waals surface area contributed by atoms with Crippen LogP contribution < -0.4 is 0 Å². The van der Waals surface area contributed by atoms with Gasteiger partial charge in [0.15, 0.2) is 5.78 Å². The third kappa shape index (κ3) is 4.25. The SMILES string of the molecule is CC1(C)[C@@H](OC(=O)CCC(=O)O)CC[C@]2(C)[C@H]3C(=O)C=C4[C@@H]5C[C@@](C)(C(=O)O)CC[C@@]5(C)CC[C@@]4(C)[C@]3(C)CC[C@@H]12. The van der Waals surface area contributed by atoms with Gasteiger partial charge in [0, 0.05) is 11.3 Å². The highest BCUT2D eigenvalue weighted by molar-refractivity contribution is 5.95. The fraction of sp³-hybridized carbons (Fsp3) is 0.824. The number of fused-ring (bicyclic) bond motifs is 7. The van der Waals surface area contributed by atoms with Gasteiger partial charge >= 0.3 is 17.9 Å². The van der Waals surface area contributed by atoms with E-state index in [9.17, 15) is 24.3 Å². The number of aliphatic carboxylic acids is 2. The fourth-order valence-corrected chi connectivity index (χ4v) is 11.0. The molecule has 9 atom stereocenters. The fourth-order valence-electron chi connectivity index (χ4n) is 11.0. The molecule has 5 aliphatic carbocycles. The quantitative estimate of drug-likeness (QED) is 0.348. The molecule has 0 heterocycles. The second-order valence-corrected chi connectivity index (χ2v) is 16.3. The Labute approximate surface area is 244 Å². The minimum absolute atomic E-state index is 0.0233. The molecule has 4 saturated carbocycles. The lowest BCUT2D eigenvalue weighted by Gasteiger charge is -2.70. The van der Waals surface area contributed by atoms with E-state index in [4.69, 9.17) is 9.84 Å². The Bertz CT molecular complexity index is 1200. The van der Waals surface area contributed by atoms with Gasteiger partial charge in [0.2, 0.25) is 0 Å². The summed E-state index contributed by atoms with van der Waals surface area (Å²) in [7, 11) is 0. The maximum atomic E-state index is 14.5. The summed E-state index contributed by atoms with van der Waals surface area (Å²) in [5.74, 6) is -1.87. The normalized spacial score (nSPS) is 46.6. The van der Waals surface area contributed by atoms with Gasteiger partial charge in [-0.1, -0.05) is 47.1 Å². The van der Waals surface area contributed by atoms with Crippen molar-refractivity contribution < 1.29 is 34.1 Å². The smallest absolute Gasteiger partial charge is 0.309 e. The van der Waals surface area contributed by atoms with Gasteiger partial charge in [0.1, 0.15) is 6.10 Å². The van der Waals surface area contributed by atoms with E-state index in [2.05, 4.69) is 41.5 Å². The molecule has 0 spiro atoms. The van der Waals surface area contributed by atoms with Gasteiger partial charge in [-0.05, 0) is 104 Å². The first-order valence-corrected chi connectivity index (χ1v) is 15.7. The van der Waals surface area contributed by atoms with E-state index in [0.29, 0.717) is 19.3 Å². The predicted molar refractivity (Wildman–Crippen MR) is 154 cm³/mol. The van der Waals surface area contributed by atoms with Gasteiger partial charge in [0.25, 0.3) is 0 Å². The molecule has 0 saturated heterocycles. The Hall–Kier alpha value is -2.18. The third-order valence-corrected chi connectivity index (χ3v) is 13.8. The number of ether oxygens (including phenoxy) is 1. The molecule has 41 heavy (non-hydrogen) atoms. The number of carboxylic acid groups (broad SMARTS) is 2. The third-order valence-electron chi connectivity index (χ3n) is 13.8. The lowest BCUT2D eigenvalue weighted by atomic mass is 9.33. The summed E-state index contributed by atoms with van der Waals surface area (Å²) in [6.07, 6.45) is 8.80. The monoisotopic (exact) mass is 570 g/mol. The van der Waals surface area contributed by atoms with Crippen LogP contribution in [-0.4, -0.2) is 40.0 Å². The van der Waals surface area contributed by atoms with Crippen LogP contribution in [0.3, 0.4) is 0 Å². The predicted octanol–water partition coefficient (Wildman–Crippen LogP) is 6.83. The van der Waals surface area contributed by atoms with Gasteiger partial charge in [-0.15, -0.1) is 0 Å². The average Bonchev–Trinajstić information content (AvgIpc) is 2.86. The number of esters is 1. The summed E-state index contributed by atoms with van der Waals surface area (Å²) in [5.41, 5.74) is -0.553. The Morgan fingerprint density at radius 3 is 2.17 bits per heavy atom. The molecule has 2 N–H and O–H groups in total. The number of carbonyl (C=O) groups excluding carboxylic acids is 2. The van der Waals surface area contributed by atoms with Crippen molar-refractivity contribution in [1.29, 1.82) is 0 Å². The van der Waals surface area contributed by atoms with Crippen molar-refractivity contribution >= 4 is 23.7 Å². The Kier molecular flexibility index (Phi) is 6.95. The lowest BCUT2D eigenvalue weighted by molar-refractivity contribution is -0.211. The highest BCUT2D eigenvalue weighted by atomic mass is 16.5. The Balaban J connectivity index is 1.49. The van der Waals surface area contributed by atoms with Gasteiger partial charge in [-0.2, -0.15) is 0 Å². The molecular weight excluding hydrogens is 520 g/mol. The van der Waals surface area contributed by atoms with E-state index in [1.54, 1.807) is 0 Å². The molecular formula is C34H50O7. The van der Waals surface area contributed by atoms with E-state index in [-0.39, 0.29) is 69.6 Å². The van der Waals surface area contributed by atoms with Gasteiger partial charge in [0.05, 0.1) is 18.3 Å². The zero-order valence-electron chi connectivity index (χ0n) is 26.1. The maximum Gasteiger partial charge on any atom is 0.309 e. The first-order valence-electron chi connectivity index (χ1n) is 15.7. The number of ketones is 1. The first-order chi connectivity index (χ1) is 18.8. The number of hydrogen-bond donors (Lipinski definition) is 2. The van der Waals surface area contributed by atoms with Crippen LogP contribution >= 0.6 is 0 Å². The standard InChI is InChI=1S/C34H50O7/c1-29(2)23-10-13-34(7)27(32(23,5)12-11-24(29)41-26(38)9-8-25(36)37)22(35)18-20-21-19-31(4,28(39)40)15-14-30(21,3)16-17-33(20,34)6/h18,21,23-24,27H,8-17,19H2,1-7H3,(H,36,37)(H,39,40)/t21-,23-,24-,27+,30-,31-,32-,33+,34+/m0/s1. The van der Waals surface area contributed by atoms with Crippen molar-refractivity contribution in [3.05, 3.63) is 11.6 Å². The largest absolute Gasteiger partial charge is 0.481 e. The molecule has 5 rings (SSSR count). The van der Waals surface area contributed by atoms with Crippen LogP contribution in [0.1, 0.15) is 119 Å². The van der Waals surface area contributed by atoms with E-state index < -0.39 is 23.3 Å². The maximum absolute atomic E-state index is 14.5. The summed E-state index contributed by atoms with van der Waals surface area (Å²) in [5, 5.41) is 19.1. The van der Waals surface area contributed by atoms with Crippen molar-refractivity contribution in [2.45, 2.75) is 125 Å². The van der Waals surface area contributed by atoms with E-state index in [1.165, 1.54) is 5.57 Å². The van der Waals surface area contributed by atoms with E-state index in [0.717, 1.165) is 38.5 Å². The number of carboxylic acids is 2. The number of carbonyl (C=O) groups is 4. The van der Waals surface area contributed by atoms with Crippen molar-refractivity contribution in [2.75, 3.05) is 0 Å². The molecule has 7 heteroatoms. The van der Waals surface area contributed by atoms with Crippen molar-refractivity contribution in [1.82, 2.24) is 0 Å². The first kappa shape index (κ1) is 30.3. The molecule has 7 nitrogen and oxygen atoms in total. The highest BCUT2D eigenvalue weighted by Crippen LogP contribution is 2.75. The van der Waals surface area contributed by atoms with Crippen LogP contribution in [0.2, 0.25) is 0 Å². The molecule has 228 valence electrons. The summed E-state index contributed by atoms with van der Waals surface area (Å²) in [6.45, 7) is 15.5. The minimum atomic E-state index is -1.01. The van der Waals surface area contributed by atoms with Crippen molar-refractivity contribution in [2.24, 2.45) is 50.2 Å². The molecule has 0 aromatic heterocycles. The molecule has 0 amide bonds. The summed E-state index contributed by atoms with van der Waals surface area (Å²) in [4.78, 5) is 50.3. The van der Waals surface area contributed by atoms with Gasteiger partial charge < -0.3 is 14.9 Å². The van der Waals surface area contributed by atoms with E-state index in [1.807, 2.05) is 13.0 Å². The van der Waals surface area contributed by atoms with Crippen LogP contribution in [0, 0.1) is 50.2 Å². The molecule has 0 aromatic rings. The van der Waals surface area contributed by atoms with Crippen LogP contribution in [-0.2, 0) is 23.9 Å². The number of allylic oxidation sites excluding steroid dienone is 2. The van der Waals surface area contributed by atoms with Crippen LogP contribution in [0.5, 0.6) is 0 Å². The van der Waals surface area contributed by atoms with Crippen molar-refractivity contribution in [3.63, 3.8) is 0 Å². The topological polar surface area (TPSA) is 118 Å². The van der Waals surface area contributed by atoms with Gasteiger partial charge in [-0.25, -0.2) is 0 Å². The van der Waals surface area contributed by atoms with Crippen molar-refractivity contribution in [3.8, 4) is 0 Å². The molecule has 0 aromatic carbocycles. The molecule has 4 fully saturated rings.